The van der Waals surface area contributed by atoms with E-state index in [2.05, 4.69) is 10.5 Å². The van der Waals surface area contributed by atoms with Gasteiger partial charge in [-0.15, -0.1) is 0 Å². The minimum Gasteiger partial charge on any atom is -0.444 e. The molecule has 1 saturated heterocycles. The summed E-state index contributed by atoms with van der Waals surface area (Å²) in [7, 11) is 0. The van der Waals surface area contributed by atoms with E-state index < -0.39 is 11.7 Å². The molecular weight excluding hydrogens is 296 g/mol. The van der Waals surface area contributed by atoms with Crippen molar-refractivity contribution in [3.05, 3.63) is 35.9 Å². The highest BCUT2D eigenvalue weighted by Gasteiger charge is 2.36. The van der Waals surface area contributed by atoms with Crippen LogP contribution in [0.4, 0.5) is 4.79 Å². The third kappa shape index (κ3) is 4.59. The van der Waals surface area contributed by atoms with Gasteiger partial charge in [0.1, 0.15) is 5.60 Å². The van der Waals surface area contributed by atoms with Crippen LogP contribution in [0.25, 0.3) is 0 Å². The van der Waals surface area contributed by atoms with E-state index in [9.17, 15) is 4.79 Å². The van der Waals surface area contributed by atoms with Crippen molar-refractivity contribution in [2.45, 2.75) is 38.5 Å². The fourth-order valence-corrected chi connectivity index (χ4v) is 2.55. The molecule has 7 nitrogen and oxygen atoms in total. The van der Waals surface area contributed by atoms with Crippen molar-refractivity contribution >= 4 is 11.9 Å². The molecule has 0 bridgehead atoms. The van der Waals surface area contributed by atoms with Gasteiger partial charge in [0.15, 0.2) is 5.84 Å². The Bertz CT molecular complexity index is 562. The minimum atomic E-state index is -0.520. The second kappa shape index (κ2) is 6.87. The number of likely N-dealkylation sites (tertiary alicyclic amines) is 1. The lowest BCUT2D eigenvalue weighted by molar-refractivity contribution is 0.0372. The highest BCUT2D eigenvalue weighted by molar-refractivity contribution is 5.86. The molecule has 0 saturated carbocycles. The van der Waals surface area contributed by atoms with E-state index in [0.717, 1.165) is 5.56 Å². The average molecular weight is 320 g/mol. The van der Waals surface area contributed by atoms with Crippen molar-refractivity contribution in [3.63, 3.8) is 0 Å². The zero-order chi connectivity index (χ0) is 17.0. The van der Waals surface area contributed by atoms with E-state index in [1.54, 1.807) is 0 Å². The normalized spacial score (nSPS) is 18.1. The van der Waals surface area contributed by atoms with Gasteiger partial charge >= 0.3 is 6.09 Å². The molecule has 1 atom stereocenters. The van der Waals surface area contributed by atoms with E-state index in [1.165, 1.54) is 0 Å². The maximum absolute atomic E-state index is 11.8. The molecule has 0 aliphatic carbocycles. The number of alkyl carbamates (subject to hydrolysis) is 1. The molecule has 23 heavy (non-hydrogen) atoms. The minimum absolute atomic E-state index is 0.0115. The Morgan fingerprint density at radius 1 is 1.39 bits per heavy atom. The van der Waals surface area contributed by atoms with Crippen molar-refractivity contribution in [3.8, 4) is 0 Å². The van der Waals surface area contributed by atoms with Gasteiger partial charge in [0.2, 0.25) is 0 Å². The van der Waals surface area contributed by atoms with Gasteiger partial charge in [0, 0.05) is 13.1 Å². The van der Waals surface area contributed by atoms with Crippen LogP contribution in [0.3, 0.4) is 0 Å². The molecule has 1 aliphatic rings. The summed E-state index contributed by atoms with van der Waals surface area (Å²) in [4.78, 5) is 13.8. The topological polar surface area (TPSA) is 100 Å². The lowest BCUT2D eigenvalue weighted by Crippen LogP contribution is -2.62. The van der Waals surface area contributed by atoms with Crippen LogP contribution in [-0.2, 0) is 4.74 Å². The van der Waals surface area contributed by atoms with Crippen molar-refractivity contribution in [2.75, 3.05) is 13.1 Å². The van der Waals surface area contributed by atoms with Crippen LogP contribution in [0.5, 0.6) is 0 Å². The van der Waals surface area contributed by atoms with E-state index in [-0.39, 0.29) is 17.9 Å². The quantitative estimate of drug-likeness (QED) is 0.339. The summed E-state index contributed by atoms with van der Waals surface area (Å²) in [6, 6.07) is 9.26. The Kier molecular flexibility index (Phi) is 5.10. The van der Waals surface area contributed by atoms with Crippen molar-refractivity contribution in [1.29, 1.82) is 0 Å². The monoisotopic (exact) mass is 320 g/mol. The summed E-state index contributed by atoms with van der Waals surface area (Å²) in [5.41, 5.74) is 6.26. The average Bonchev–Trinajstić information content (AvgIpc) is 2.43. The third-order valence-electron chi connectivity index (χ3n) is 3.51. The SMILES string of the molecule is CC(C)(C)OC(=O)NC1CN(C(/C(N)=N/O)c2ccccc2)C1. The van der Waals surface area contributed by atoms with Crippen molar-refractivity contribution in [2.24, 2.45) is 10.9 Å². The molecule has 126 valence electrons. The number of hydrogen-bond acceptors (Lipinski definition) is 5. The summed E-state index contributed by atoms with van der Waals surface area (Å²) >= 11 is 0. The molecule has 4 N–H and O–H groups in total. The first-order valence-electron chi connectivity index (χ1n) is 7.56. The van der Waals surface area contributed by atoms with Crippen LogP contribution in [0.15, 0.2) is 35.5 Å². The first kappa shape index (κ1) is 17.1. The molecule has 1 fully saturated rings. The molecule has 1 unspecified atom stereocenters. The molecule has 7 heteroatoms. The van der Waals surface area contributed by atoms with Gasteiger partial charge < -0.3 is 21.0 Å². The Balaban J connectivity index is 1.94. The second-order valence-corrected chi connectivity index (χ2v) is 6.64. The molecule has 0 aromatic heterocycles. The van der Waals surface area contributed by atoms with Crippen LogP contribution in [0.1, 0.15) is 32.4 Å². The van der Waals surface area contributed by atoms with Gasteiger partial charge in [-0.2, -0.15) is 0 Å². The maximum atomic E-state index is 11.8. The van der Waals surface area contributed by atoms with Crippen LogP contribution in [0.2, 0.25) is 0 Å². The van der Waals surface area contributed by atoms with Crippen molar-refractivity contribution in [1.82, 2.24) is 10.2 Å². The Labute approximate surface area is 136 Å². The number of carbonyl (C=O) groups excluding carboxylic acids is 1. The highest BCUT2D eigenvalue weighted by atomic mass is 16.6. The van der Waals surface area contributed by atoms with Gasteiger partial charge in [-0.25, -0.2) is 4.79 Å². The summed E-state index contributed by atoms with van der Waals surface area (Å²) in [5, 5.41) is 15.0. The van der Waals surface area contributed by atoms with E-state index in [4.69, 9.17) is 15.7 Å². The lowest BCUT2D eigenvalue weighted by atomic mass is 9.98. The summed E-state index contributed by atoms with van der Waals surface area (Å²) in [5.74, 6) is 0.131. The van der Waals surface area contributed by atoms with Gasteiger partial charge in [-0.05, 0) is 26.3 Å². The first-order chi connectivity index (χ1) is 10.8. The van der Waals surface area contributed by atoms with Gasteiger partial charge in [0.05, 0.1) is 12.1 Å². The Morgan fingerprint density at radius 2 is 2.00 bits per heavy atom. The fraction of sp³-hybridized carbons (Fsp3) is 0.500. The molecule has 1 amide bonds. The number of amides is 1. The smallest absolute Gasteiger partial charge is 0.407 e. The number of nitrogens with two attached hydrogens (primary N) is 1. The van der Waals surface area contributed by atoms with Crippen LogP contribution < -0.4 is 11.1 Å². The molecule has 1 aromatic carbocycles. The number of nitrogens with zero attached hydrogens (tertiary/aromatic N) is 2. The second-order valence-electron chi connectivity index (χ2n) is 6.64. The van der Waals surface area contributed by atoms with Crippen LogP contribution >= 0.6 is 0 Å². The molecule has 0 spiro atoms. The molecule has 0 radical (unpaired) electrons. The number of rotatable bonds is 4. The fourth-order valence-electron chi connectivity index (χ4n) is 2.55. The number of hydrogen-bond donors (Lipinski definition) is 3. The Morgan fingerprint density at radius 3 is 2.52 bits per heavy atom. The standard InChI is InChI=1S/C16H24N4O3/c1-16(2,3)23-15(21)18-12-9-20(10-12)13(14(17)19-22)11-7-5-4-6-8-11/h4-8,12-13,22H,9-10H2,1-3H3,(H2,17,19)(H,18,21). The van der Waals surface area contributed by atoms with Crippen LogP contribution in [-0.4, -0.2) is 46.8 Å². The van der Waals surface area contributed by atoms with Gasteiger partial charge in [-0.1, -0.05) is 35.5 Å². The molecule has 1 heterocycles. The van der Waals surface area contributed by atoms with Crippen molar-refractivity contribution < 1.29 is 14.7 Å². The first-order valence-corrected chi connectivity index (χ1v) is 7.56. The number of nitrogens with one attached hydrogen (secondary N) is 1. The number of ether oxygens (including phenoxy) is 1. The molecule has 2 rings (SSSR count). The molecule has 1 aliphatic heterocycles. The zero-order valence-electron chi connectivity index (χ0n) is 13.7. The lowest BCUT2D eigenvalue weighted by Gasteiger charge is -2.44. The van der Waals surface area contributed by atoms with Gasteiger partial charge in [-0.3, -0.25) is 4.90 Å². The molecular formula is C16H24N4O3. The van der Waals surface area contributed by atoms with E-state index >= 15 is 0 Å². The summed E-state index contributed by atoms with van der Waals surface area (Å²) in [6.07, 6.45) is -0.429. The highest BCUT2D eigenvalue weighted by Crippen LogP contribution is 2.26. The van der Waals surface area contributed by atoms with Gasteiger partial charge in [0.25, 0.3) is 0 Å². The summed E-state index contributed by atoms with van der Waals surface area (Å²) < 4.78 is 5.24. The maximum Gasteiger partial charge on any atom is 0.407 e. The van der Waals surface area contributed by atoms with E-state index in [1.807, 2.05) is 56.0 Å². The molecule has 1 aromatic rings. The van der Waals surface area contributed by atoms with E-state index in [0.29, 0.717) is 13.1 Å². The number of amidine groups is 1. The number of benzene rings is 1. The third-order valence-corrected chi connectivity index (χ3v) is 3.51. The summed E-state index contributed by atoms with van der Waals surface area (Å²) in [6.45, 7) is 6.68. The largest absolute Gasteiger partial charge is 0.444 e. The van der Waals surface area contributed by atoms with Crippen LogP contribution in [0, 0.1) is 0 Å². The predicted molar refractivity (Wildman–Crippen MR) is 87.3 cm³/mol. The number of carbonyl (C=O) groups is 1. The predicted octanol–water partition coefficient (Wildman–Crippen LogP) is 1.68. The number of oxime groups is 1. The zero-order valence-corrected chi connectivity index (χ0v) is 13.7. The Hall–Kier alpha value is -2.28.